The van der Waals surface area contributed by atoms with E-state index >= 15 is 0 Å². The average molecular weight is 308 g/mol. The van der Waals surface area contributed by atoms with Crippen molar-refractivity contribution >= 4 is 15.9 Å². The third-order valence-electron chi connectivity index (χ3n) is 3.30. The van der Waals surface area contributed by atoms with Gasteiger partial charge in [0.25, 0.3) is 0 Å². The van der Waals surface area contributed by atoms with Crippen LogP contribution in [0.15, 0.2) is 22.7 Å². The van der Waals surface area contributed by atoms with E-state index in [-0.39, 0.29) is 0 Å². The summed E-state index contributed by atoms with van der Waals surface area (Å²) in [7, 11) is 0. The fourth-order valence-corrected chi connectivity index (χ4v) is 2.80. The number of aryl methyl sites for hydroxylation is 1. The van der Waals surface area contributed by atoms with Gasteiger partial charge in [-0.15, -0.1) is 0 Å². The summed E-state index contributed by atoms with van der Waals surface area (Å²) >= 11 is 3.55. The van der Waals surface area contributed by atoms with Crippen molar-refractivity contribution in [2.45, 2.75) is 33.7 Å². The molecule has 0 fully saturated rings. The highest BCUT2D eigenvalue weighted by Gasteiger charge is 2.11. The summed E-state index contributed by atoms with van der Waals surface area (Å²) in [6.07, 6.45) is 1.01. The van der Waals surface area contributed by atoms with Crippen LogP contribution in [0.25, 0.3) is 5.69 Å². The van der Waals surface area contributed by atoms with Crippen LogP contribution < -0.4 is 5.73 Å². The van der Waals surface area contributed by atoms with Crippen molar-refractivity contribution in [1.29, 1.82) is 0 Å². The first-order valence-corrected chi connectivity index (χ1v) is 6.91. The maximum absolute atomic E-state index is 5.67. The predicted octanol–water partition coefficient (Wildman–Crippen LogP) is 3.27. The second-order valence-electron chi connectivity index (χ2n) is 4.39. The van der Waals surface area contributed by atoms with Crippen LogP contribution in [0.1, 0.15) is 29.4 Å². The first kappa shape index (κ1) is 13.3. The Kier molecular flexibility index (Phi) is 3.88. The second kappa shape index (κ2) is 5.24. The van der Waals surface area contributed by atoms with Crippen LogP contribution in [0.4, 0.5) is 0 Å². The lowest BCUT2D eigenvalue weighted by atomic mass is 10.1. The van der Waals surface area contributed by atoms with E-state index in [1.807, 2.05) is 10.7 Å². The first-order chi connectivity index (χ1) is 8.58. The molecule has 0 aliphatic heterocycles. The molecule has 0 unspecified atom stereocenters. The van der Waals surface area contributed by atoms with Gasteiger partial charge < -0.3 is 5.73 Å². The van der Waals surface area contributed by atoms with Crippen molar-refractivity contribution in [3.8, 4) is 5.69 Å². The standard InChI is InChI=1S/C14H18BrN3/c1-4-13-9(2)17-18(10(13)3)12-6-5-11(8-16)14(15)7-12/h5-7H,4,8,16H2,1-3H3. The Labute approximate surface area is 116 Å². The van der Waals surface area contributed by atoms with E-state index in [9.17, 15) is 0 Å². The van der Waals surface area contributed by atoms with E-state index in [0.717, 1.165) is 27.8 Å². The van der Waals surface area contributed by atoms with Gasteiger partial charge in [-0.1, -0.05) is 28.9 Å². The Morgan fingerprint density at radius 3 is 2.56 bits per heavy atom. The smallest absolute Gasteiger partial charge is 0.0660 e. The molecule has 4 heteroatoms. The van der Waals surface area contributed by atoms with Gasteiger partial charge in [-0.05, 0) is 43.5 Å². The average Bonchev–Trinajstić information content (AvgIpc) is 2.64. The van der Waals surface area contributed by atoms with Gasteiger partial charge in [-0.25, -0.2) is 4.68 Å². The highest BCUT2D eigenvalue weighted by atomic mass is 79.9. The van der Waals surface area contributed by atoms with Crippen molar-refractivity contribution in [3.05, 3.63) is 45.2 Å². The molecule has 1 aromatic heterocycles. The number of halogens is 1. The van der Waals surface area contributed by atoms with Gasteiger partial charge in [0.2, 0.25) is 0 Å². The molecule has 2 rings (SSSR count). The van der Waals surface area contributed by atoms with Crippen LogP contribution in [0.5, 0.6) is 0 Å². The molecule has 1 aromatic carbocycles. The molecule has 0 bridgehead atoms. The third-order valence-corrected chi connectivity index (χ3v) is 4.03. The van der Waals surface area contributed by atoms with Gasteiger partial charge in [-0.3, -0.25) is 0 Å². The number of hydrogen-bond donors (Lipinski definition) is 1. The number of benzene rings is 1. The maximum atomic E-state index is 5.67. The number of nitrogens with two attached hydrogens (primary N) is 1. The molecule has 0 saturated heterocycles. The summed E-state index contributed by atoms with van der Waals surface area (Å²) in [6, 6.07) is 6.17. The summed E-state index contributed by atoms with van der Waals surface area (Å²) < 4.78 is 3.03. The van der Waals surface area contributed by atoms with Gasteiger partial charge in [0, 0.05) is 16.7 Å². The fourth-order valence-electron chi connectivity index (χ4n) is 2.27. The van der Waals surface area contributed by atoms with E-state index < -0.39 is 0 Å². The number of rotatable bonds is 3. The van der Waals surface area contributed by atoms with Gasteiger partial charge in [-0.2, -0.15) is 5.10 Å². The molecule has 0 spiro atoms. The SMILES string of the molecule is CCc1c(C)nn(-c2ccc(CN)c(Br)c2)c1C. The normalized spacial score (nSPS) is 10.9. The minimum absolute atomic E-state index is 0.540. The van der Waals surface area contributed by atoms with Gasteiger partial charge in [0.1, 0.15) is 0 Å². The lowest BCUT2D eigenvalue weighted by Crippen LogP contribution is -2.02. The molecule has 2 aromatic rings. The summed E-state index contributed by atoms with van der Waals surface area (Å²) in [6.45, 7) is 6.88. The molecule has 2 N–H and O–H groups in total. The summed E-state index contributed by atoms with van der Waals surface area (Å²) in [5.74, 6) is 0. The Morgan fingerprint density at radius 1 is 1.33 bits per heavy atom. The summed E-state index contributed by atoms with van der Waals surface area (Å²) in [5, 5.41) is 4.61. The van der Waals surface area contributed by atoms with E-state index in [4.69, 9.17) is 5.73 Å². The van der Waals surface area contributed by atoms with Crippen LogP contribution >= 0.6 is 15.9 Å². The van der Waals surface area contributed by atoms with Crippen LogP contribution in [0.3, 0.4) is 0 Å². The fraction of sp³-hybridized carbons (Fsp3) is 0.357. The largest absolute Gasteiger partial charge is 0.326 e. The minimum atomic E-state index is 0.540. The van der Waals surface area contributed by atoms with Crippen LogP contribution in [0, 0.1) is 13.8 Å². The molecule has 0 aliphatic carbocycles. The molecule has 96 valence electrons. The quantitative estimate of drug-likeness (QED) is 0.945. The molecule has 0 aliphatic rings. The Bertz CT molecular complexity index is 573. The van der Waals surface area contributed by atoms with Crippen LogP contribution in [0.2, 0.25) is 0 Å². The first-order valence-electron chi connectivity index (χ1n) is 6.12. The third kappa shape index (κ3) is 2.22. The van der Waals surface area contributed by atoms with Gasteiger partial charge >= 0.3 is 0 Å². The Balaban J connectivity index is 2.52. The second-order valence-corrected chi connectivity index (χ2v) is 5.25. The van der Waals surface area contributed by atoms with Crippen molar-refractivity contribution in [3.63, 3.8) is 0 Å². The van der Waals surface area contributed by atoms with Crippen molar-refractivity contribution in [1.82, 2.24) is 9.78 Å². The number of aromatic nitrogens is 2. The Hall–Kier alpha value is -1.13. The van der Waals surface area contributed by atoms with Crippen molar-refractivity contribution in [2.75, 3.05) is 0 Å². The highest BCUT2D eigenvalue weighted by molar-refractivity contribution is 9.10. The van der Waals surface area contributed by atoms with Crippen LogP contribution in [-0.4, -0.2) is 9.78 Å². The maximum Gasteiger partial charge on any atom is 0.0660 e. The van der Waals surface area contributed by atoms with E-state index in [0.29, 0.717) is 6.54 Å². The molecule has 3 nitrogen and oxygen atoms in total. The molecule has 0 atom stereocenters. The molecular weight excluding hydrogens is 290 g/mol. The molecule has 0 radical (unpaired) electrons. The summed E-state index contributed by atoms with van der Waals surface area (Å²) in [4.78, 5) is 0. The molecule has 1 heterocycles. The van der Waals surface area contributed by atoms with Crippen molar-refractivity contribution in [2.24, 2.45) is 5.73 Å². The zero-order valence-electron chi connectivity index (χ0n) is 11.0. The van der Waals surface area contributed by atoms with E-state index in [1.54, 1.807) is 0 Å². The van der Waals surface area contributed by atoms with E-state index in [2.05, 4.69) is 53.9 Å². The van der Waals surface area contributed by atoms with Crippen LogP contribution in [-0.2, 0) is 13.0 Å². The van der Waals surface area contributed by atoms with Gasteiger partial charge in [0.15, 0.2) is 0 Å². The topological polar surface area (TPSA) is 43.8 Å². The van der Waals surface area contributed by atoms with Gasteiger partial charge in [0.05, 0.1) is 11.4 Å². The molecule has 0 saturated carbocycles. The highest BCUT2D eigenvalue weighted by Crippen LogP contribution is 2.23. The monoisotopic (exact) mass is 307 g/mol. The minimum Gasteiger partial charge on any atom is -0.326 e. The summed E-state index contributed by atoms with van der Waals surface area (Å²) in [5.41, 5.74) is 11.5. The lowest BCUT2D eigenvalue weighted by molar-refractivity contribution is 0.830. The molecule has 0 amide bonds. The zero-order chi connectivity index (χ0) is 13.3. The molecular formula is C14H18BrN3. The zero-order valence-corrected chi connectivity index (χ0v) is 12.6. The van der Waals surface area contributed by atoms with Crippen molar-refractivity contribution < 1.29 is 0 Å². The number of nitrogens with zero attached hydrogens (tertiary/aromatic N) is 2. The Morgan fingerprint density at radius 2 is 2.06 bits per heavy atom. The predicted molar refractivity (Wildman–Crippen MR) is 78.0 cm³/mol. The number of hydrogen-bond acceptors (Lipinski definition) is 2. The molecule has 18 heavy (non-hydrogen) atoms. The van der Waals surface area contributed by atoms with E-state index in [1.165, 1.54) is 11.3 Å². The lowest BCUT2D eigenvalue weighted by Gasteiger charge is -2.08.